The molecule has 0 aliphatic heterocycles. The van der Waals surface area contributed by atoms with Crippen molar-refractivity contribution in [3.8, 4) is 5.69 Å². The molecule has 0 fully saturated rings. The summed E-state index contributed by atoms with van der Waals surface area (Å²) in [5.74, 6) is -5.17. The molecule has 3 aromatic rings. The first kappa shape index (κ1) is 22.3. The number of ether oxygens (including phenoxy) is 1. The second kappa shape index (κ2) is 8.01. The van der Waals surface area contributed by atoms with Crippen LogP contribution in [0.5, 0.6) is 0 Å². The monoisotopic (exact) mass is 437 g/mol. The van der Waals surface area contributed by atoms with Crippen LogP contribution in [0.15, 0.2) is 35.1 Å². The summed E-state index contributed by atoms with van der Waals surface area (Å²) in [5.41, 5.74) is -2.65. The minimum absolute atomic E-state index is 0.0473. The number of carbonyl (C=O) groups excluding carboxylic acids is 1. The standard InChI is InChI=1S/C21H19F4N3O3/c1-5-27(20(30)31-21(2,3)4)19-26-15-7-6-14(24)17(25)16(15)18(29)28(19)13-9-11(22)8-12(23)10-13/h6-10H,5H2,1-4H3. The Labute approximate surface area is 174 Å². The van der Waals surface area contributed by atoms with E-state index in [1.54, 1.807) is 27.7 Å². The molecular weight excluding hydrogens is 418 g/mol. The maximum absolute atomic E-state index is 14.4. The zero-order chi connectivity index (χ0) is 23.1. The first-order valence-corrected chi connectivity index (χ1v) is 9.30. The van der Waals surface area contributed by atoms with E-state index in [-0.39, 0.29) is 23.7 Å². The van der Waals surface area contributed by atoms with Crippen molar-refractivity contribution in [2.45, 2.75) is 33.3 Å². The van der Waals surface area contributed by atoms with E-state index in [9.17, 15) is 27.2 Å². The minimum Gasteiger partial charge on any atom is -0.443 e. The smallest absolute Gasteiger partial charge is 0.417 e. The fourth-order valence-corrected chi connectivity index (χ4v) is 2.95. The van der Waals surface area contributed by atoms with Gasteiger partial charge in [-0.3, -0.25) is 4.79 Å². The van der Waals surface area contributed by atoms with E-state index in [2.05, 4.69) is 4.98 Å². The Balaban J connectivity index is 2.40. The van der Waals surface area contributed by atoms with Crippen LogP contribution in [-0.4, -0.2) is 27.8 Å². The van der Waals surface area contributed by atoms with Crippen LogP contribution in [0.1, 0.15) is 27.7 Å². The highest BCUT2D eigenvalue weighted by Gasteiger charge is 2.28. The summed E-state index contributed by atoms with van der Waals surface area (Å²) >= 11 is 0. The van der Waals surface area contributed by atoms with Gasteiger partial charge in [0, 0.05) is 12.6 Å². The van der Waals surface area contributed by atoms with Gasteiger partial charge in [0.2, 0.25) is 5.95 Å². The molecule has 0 aliphatic carbocycles. The quantitative estimate of drug-likeness (QED) is 0.557. The lowest BCUT2D eigenvalue weighted by atomic mass is 10.2. The van der Waals surface area contributed by atoms with Crippen LogP contribution >= 0.6 is 0 Å². The number of aromatic nitrogens is 2. The number of fused-ring (bicyclic) bond motifs is 1. The molecule has 1 amide bonds. The zero-order valence-electron chi connectivity index (χ0n) is 17.2. The fourth-order valence-electron chi connectivity index (χ4n) is 2.95. The van der Waals surface area contributed by atoms with Gasteiger partial charge in [0.05, 0.1) is 11.2 Å². The Hall–Kier alpha value is -3.43. The molecule has 0 unspecified atom stereocenters. The number of amides is 1. The highest BCUT2D eigenvalue weighted by molar-refractivity contribution is 5.88. The Morgan fingerprint density at radius 1 is 1.10 bits per heavy atom. The molecule has 31 heavy (non-hydrogen) atoms. The van der Waals surface area contributed by atoms with E-state index in [0.29, 0.717) is 10.6 Å². The van der Waals surface area contributed by atoms with Crippen LogP contribution in [0, 0.1) is 23.3 Å². The predicted molar refractivity (Wildman–Crippen MR) is 106 cm³/mol. The van der Waals surface area contributed by atoms with Crippen molar-refractivity contribution in [2.24, 2.45) is 0 Å². The average molecular weight is 437 g/mol. The first-order valence-electron chi connectivity index (χ1n) is 9.30. The first-order chi connectivity index (χ1) is 14.4. The van der Waals surface area contributed by atoms with Crippen molar-refractivity contribution in [1.29, 1.82) is 0 Å². The van der Waals surface area contributed by atoms with Crippen molar-refractivity contribution < 1.29 is 27.1 Å². The predicted octanol–water partition coefficient (Wildman–Crippen LogP) is 4.70. The molecule has 0 saturated carbocycles. The Bertz CT molecular complexity index is 1210. The van der Waals surface area contributed by atoms with Crippen LogP contribution in [0.4, 0.5) is 28.3 Å². The van der Waals surface area contributed by atoms with Gasteiger partial charge in [0.25, 0.3) is 5.56 Å². The molecule has 1 heterocycles. The van der Waals surface area contributed by atoms with Crippen molar-refractivity contribution in [3.05, 3.63) is 64.0 Å². The van der Waals surface area contributed by atoms with Crippen LogP contribution in [0.2, 0.25) is 0 Å². The third-order valence-corrected chi connectivity index (χ3v) is 4.19. The normalized spacial score (nSPS) is 11.6. The van der Waals surface area contributed by atoms with Gasteiger partial charge < -0.3 is 4.74 Å². The van der Waals surface area contributed by atoms with Gasteiger partial charge in [0.1, 0.15) is 22.6 Å². The van der Waals surface area contributed by atoms with Crippen molar-refractivity contribution >= 4 is 22.9 Å². The third kappa shape index (κ3) is 4.37. The van der Waals surface area contributed by atoms with E-state index >= 15 is 0 Å². The number of carbonyl (C=O) groups is 1. The lowest BCUT2D eigenvalue weighted by molar-refractivity contribution is 0.0579. The molecule has 0 aliphatic rings. The number of rotatable bonds is 3. The molecule has 0 atom stereocenters. The molecule has 0 spiro atoms. The lowest BCUT2D eigenvalue weighted by Crippen LogP contribution is -2.40. The Morgan fingerprint density at radius 3 is 2.26 bits per heavy atom. The molecule has 1 aromatic heterocycles. The molecule has 10 heteroatoms. The van der Waals surface area contributed by atoms with E-state index in [0.717, 1.165) is 29.2 Å². The van der Waals surface area contributed by atoms with E-state index in [1.165, 1.54) is 0 Å². The summed E-state index contributed by atoms with van der Waals surface area (Å²) in [4.78, 5) is 31.0. The SMILES string of the molecule is CCN(C(=O)OC(C)(C)C)c1nc2ccc(F)c(F)c2c(=O)n1-c1cc(F)cc(F)c1. The maximum Gasteiger partial charge on any atom is 0.417 e. The maximum atomic E-state index is 14.4. The van der Waals surface area contributed by atoms with Gasteiger partial charge in [-0.15, -0.1) is 0 Å². The molecule has 0 radical (unpaired) electrons. The van der Waals surface area contributed by atoms with Crippen molar-refractivity contribution in [3.63, 3.8) is 0 Å². The molecule has 0 N–H and O–H groups in total. The molecule has 0 bridgehead atoms. The fraction of sp³-hybridized carbons (Fsp3) is 0.286. The van der Waals surface area contributed by atoms with E-state index in [4.69, 9.17) is 4.74 Å². The average Bonchev–Trinajstić information content (AvgIpc) is 2.63. The van der Waals surface area contributed by atoms with Gasteiger partial charge in [-0.25, -0.2) is 36.8 Å². The number of nitrogens with zero attached hydrogens (tertiary/aromatic N) is 3. The van der Waals surface area contributed by atoms with Crippen molar-refractivity contribution in [2.75, 3.05) is 11.4 Å². The summed E-state index contributed by atoms with van der Waals surface area (Å²) in [6.45, 7) is 6.38. The summed E-state index contributed by atoms with van der Waals surface area (Å²) in [7, 11) is 0. The molecular formula is C21H19F4N3O3. The highest BCUT2D eigenvalue weighted by Crippen LogP contribution is 2.24. The van der Waals surface area contributed by atoms with Gasteiger partial charge in [-0.05, 0) is 52.0 Å². The topological polar surface area (TPSA) is 64.4 Å². The second-order valence-electron chi connectivity index (χ2n) is 7.66. The van der Waals surface area contributed by atoms with Crippen LogP contribution in [-0.2, 0) is 4.74 Å². The number of halogens is 4. The number of hydrogen-bond acceptors (Lipinski definition) is 4. The van der Waals surface area contributed by atoms with Crippen LogP contribution in [0.25, 0.3) is 16.6 Å². The van der Waals surface area contributed by atoms with Gasteiger partial charge >= 0.3 is 6.09 Å². The minimum atomic E-state index is -1.47. The summed E-state index contributed by atoms with van der Waals surface area (Å²) in [6.07, 6.45) is -0.894. The summed E-state index contributed by atoms with van der Waals surface area (Å²) in [6, 6.07) is 4.04. The van der Waals surface area contributed by atoms with Gasteiger partial charge in [0.15, 0.2) is 11.6 Å². The Morgan fingerprint density at radius 2 is 1.71 bits per heavy atom. The zero-order valence-corrected chi connectivity index (χ0v) is 17.2. The third-order valence-electron chi connectivity index (χ3n) is 4.19. The molecule has 6 nitrogen and oxygen atoms in total. The number of benzene rings is 2. The second-order valence-corrected chi connectivity index (χ2v) is 7.66. The van der Waals surface area contributed by atoms with Crippen LogP contribution < -0.4 is 10.5 Å². The van der Waals surface area contributed by atoms with Gasteiger partial charge in [-0.1, -0.05) is 0 Å². The van der Waals surface area contributed by atoms with E-state index in [1.807, 2.05) is 0 Å². The van der Waals surface area contributed by atoms with Crippen LogP contribution in [0.3, 0.4) is 0 Å². The summed E-state index contributed by atoms with van der Waals surface area (Å²) < 4.78 is 61.9. The molecule has 3 rings (SSSR count). The number of hydrogen-bond donors (Lipinski definition) is 0. The molecule has 164 valence electrons. The lowest BCUT2D eigenvalue weighted by Gasteiger charge is -2.27. The van der Waals surface area contributed by atoms with Crippen molar-refractivity contribution in [1.82, 2.24) is 9.55 Å². The number of anilines is 1. The molecule has 2 aromatic carbocycles. The summed E-state index contributed by atoms with van der Waals surface area (Å²) in [5, 5.41) is -0.728. The van der Waals surface area contributed by atoms with E-state index < -0.39 is 45.9 Å². The molecule has 0 saturated heterocycles. The van der Waals surface area contributed by atoms with Gasteiger partial charge in [-0.2, -0.15) is 0 Å². The largest absolute Gasteiger partial charge is 0.443 e. The Kier molecular flexibility index (Phi) is 5.75. The highest BCUT2D eigenvalue weighted by atomic mass is 19.2.